The van der Waals surface area contributed by atoms with Crippen molar-refractivity contribution < 1.29 is 0 Å². The quantitative estimate of drug-likeness (QED) is 0.171. The van der Waals surface area contributed by atoms with Gasteiger partial charge in [-0.15, -0.1) is 0 Å². The van der Waals surface area contributed by atoms with Crippen molar-refractivity contribution in [2.45, 2.75) is 25.2 Å². The third kappa shape index (κ3) is 5.46. The highest BCUT2D eigenvalue weighted by molar-refractivity contribution is 6.10. The van der Waals surface area contributed by atoms with E-state index in [-0.39, 0.29) is 5.92 Å². The Bertz CT molecular complexity index is 2730. The average molecular weight is 679 g/mol. The molecule has 0 saturated carbocycles. The molecule has 0 bridgehead atoms. The third-order valence-corrected chi connectivity index (χ3v) is 11.0. The first-order valence-corrected chi connectivity index (χ1v) is 18.7. The van der Waals surface area contributed by atoms with E-state index in [1.165, 1.54) is 60.5 Å². The van der Waals surface area contributed by atoms with E-state index in [4.69, 9.17) is 4.98 Å². The second kappa shape index (κ2) is 13.2. The van der Waals surface area contributed by atoms with E-state index in [1.807, 2.05) is 0 Å². The molecule has 7 aromatic carbocycles. The number of benzene rings is 7. The van der Waals surface area contributed by atoms with E-state index in [2.05, 4.69) is 193 Å². The summed E-state index contributed by atoms with van der Waals surface area (Å²) in [5.74, 6) is 1.16. The van der Waals surface area contributed by atoms with Gasteiger partial charge in [0.15, 0.2) is 0 Å². The van der Waals surface area contributed by atoms with Crippen LogP contribution in [0.15, 0.2) is 182 Å². The fourth-order valence-corrected chi connectivity index (χ4v) is 8.53. The van der Waals surface area contributed by atoms with Gasteiger partial charge < -0.3 is 0 Å². The summed E-state index contributed by atoms with van der Waals surface area (Å²) in [6.45, 7) is 0. The molecule has 10 rings (SSSR count). The predicted molar refractivity (Wildman–Crippen MR) is 223 cm³/mol. The normalized spacial score (nSPS) is 14.9. The fraction of sp³-hybridized carbons (Fsp3) is 0.0784. The van der Waals surface area contributed by atoms with E-state index in [1.54, 1.807) is 0 Å². The van der Waals surface area contributed by atoms with Crippen LogP contribution in [0.1, 0.15) is 35.6 Å². The van der Waals surface area contributed by atoms with Crippen molar-refractivity contribution in [3.05, 3.63) is 199 Å². The van der Waals surface area contributed by atoms with Crippen LogP contribution in [0.25, 0.3) is 78.2 Å². The summed E-state index contributed by atoms with van der Waals surface area (Å²) in [4.78, 5) is 5.46. The largest absolute Gasteiger partial charge is 0.292 e. The molecule has 0 spiro atoms. The topological polar surface area (TPSA) is 17.8 Å². The Hall–Kier alpha value is -6.51. The van der Waals surface area contributed by atoms with E-state index in [0.29, 0.717) is 0 Å². The fourth-order valence-electron chi connectivity index (χ4n) is 8.53. The number of fused-ring (bicyclic) bond motifs is 3. The Kier molecular flexibility index (Phi) is 7.80. The lowest BCUT2D eigenvalue weighted by atomic mass is 9.80. The van der Waals surface area contributed by atoms with Crippen molar-refractivity contribution in [3.8, 4) is 50.6 Å². The van der Waals surface area contributed by atoms with Gasteiger partial charge in [0.05, 0.1) is 11.4 Å². The summed E-state index contributed by atoms with van der Waals surface area (Å²) >= 11 is 0. The molecule has 252 valence electrons. The van der Waals surface area contributed by atoms with Gasteiger partial charge in [0, 0.05) is 22.7 Å². The van der Waals surface area contributed by atoms with Gasteiger partial charge >= 0.3 is 0 Å². The molecule has 1 aromatic heterocycles. The van der Waals surface area contributed by atoms with Crippen molar-refractivity contribution >= 4 is 27.6 Å². The van der Waals surface area contributed by atoms with Crippen molar-refractivity contribution in [3.63, 3.8) is 0 Å². The van der Waals surface area contributed by atoms with Crippen LogP contribution in [0.5, 0.6) is 0 Å². The summed E-state index contributed by atoms with van der Waals surface area (Å²) < 4.78 is 2.38. The van der Waals surface area contributed by atoms with Crippen molar-refractivity contribution in [2.24, 2.45) is 0 Å². The highest BCUT2D eigenvalue weighted by Crippen LogP contribution is 2.46. The number of hydrogen-bond donors (Lipinski definition) is 0. The van der Waals surface area contributed by atoms with Crippen LogP contribution in [0, 0.1) is 0 Å². The first-order valence-electron chi connectivity index (χ1n) is 18.7. The maximum Gasteiger partial charge on any atom is 0.145 e. The molecule has 2 aliphatic carbocycles. The third-order valence-electron chi connectivity index (χ3n) is 11.0. The van der Waals surface area contributed by atoms with Gasteiger partial charge in [0.25, 0.3) is 0 Å². The highest BCUT2D eigenvalue weighted by atomic mass is 15.1. The number of hydrogen-bond acceptors (Lipinski definition) is 1. The van der Waals surface area contributed by atoms with Gasteiger partial charge in [0.1, 0.15) is 5.82 Å². The maximum absolute atomic E-state index is 5.46. The van der Waals surface area contributed by atoms with Crippen molar-refractivity contribution in [2.75, 3.05) is 0 Å². The van der Waals surface area contributed by atoms with E-state index in [0.717, 1.165) is 47.7 Å². The lowest BCUT2D eigenvalue weighted by Crippen LogP contribution is -2.04. The van der Waals surface area contributed by atoms with Crippen LogP contribution >= 0.6 is 0 Å². The van der Waals surface area contributed by atoms with Gasteiger partial charge in [-0.05, 0) is 92.4 Å². The number of aromatic nitrogens is 2. The SMILES string of the molecule is C1=CCC(c2nc(-c3ccccc3)n(-c3ccc(-c4c5c(c(-c6ccc7ccccc7c6)c6ccccc46)C=CCC5)cc3)c2-c2ccccc2)C=C1. The molecule has 1 atom stereocenters. The number of rotatable bonds is 6. The van der Waals surface area contributed by atoms with Crippen molar-refractivity contribution in [1.82, 2.24) is 9.55 Å². The Balaban J connectivity index is 1.17. The molecule has 53 heavy (non-hydrogen) atoms. The molecular weight excluding hydrogens is 641 g/mol. The van der Waals surface area contributed by atoms with Gasteiger partial charge in [-0.3, -0.25) is 4.57 Å². The Morgan fingerprint density at radius 3 is 1.98 bits per heavy atom. The minimum absolute atomic E-state index is 0.199. The Morgan fingerprint density at radius 2 is 1.23 bits per heavy atom. The molecule has 2 heteroatoms. The smallest absolute Gasteiger partial charge is 0.145 e. The first kappa shape index (κ1) is 31.2. The molecule has 0 amide bonds. The molecule has 1 unspecified atom stereocenters. The summed E-state index contributed by atoms with van der Waals surface area (Å²) in [6, 6.07) is 55.2. The van der Waals surface area contributed by atoms with Gasteiger partial charge in [-0.2, -0.15) is 0 Å². The minimum atomic E-state index is 0.199. The molecule has 1 heterocycles. The average Bonchev–Trinajstić information content (AvgIpc) is 3.64. The summed E-state index contributed by atoms with van der Waals surface area (Å²) in [5, 5.41) is 5.13. The molecule has 0 aliphatic heterocycles. The van der Waals surface area contributed by atoms with Gasteiger partial charge in [0.2, 0.25) is 0 Å². The second-order valence-corrected chi connectivity index (χ2v) is 14.1. The molecule has 2 nitrogen and oxygen atoms in total. The Labute approximate surface area is 310 Å². The zero-order valence-corrected chi connectivity index (χ0v) is 29.5. The van der Waals surface area contributed by atoms with E-state index >= 15 is 0 Å². The highest BCUT2D eigenvalue weighted by Gasteiger charge is 2.26. The van der Waals surface area contributed by atoms with Crippen LogP contribution in [0.2, 0.25) is 0 Å². The van der Waals surface area contributed by atoms with Crippen LogP contribution in [0.3, 0.4) is 0 Å². The summed E-state index contributed by atoms with van der Waals surface area (Å²) in [6.07, 6.45) is 16.5. The molecule has 2 aliphatic rings. The zero-order valence-electron chi connectivity index (χ0n) is 29.5. The number of allylic oxidation sites excluding steroid dienone is 5. The molecule has 0 N–H and O–H groups in total. The lowest BCUT2D eigenvalue weighted by molar-refractivity contribution is 0.826. The molecule has 8 aromatic rings. The first-order chi connectivity index (χ1) is 26.3. The predicted octanol–water partition coefficient (Wildman–Crippen LogP) is 13.4. The van der Waals surface area contributed by atoms with E-state index < -0.39 is 0 Å². The van der Waals surface area contributed by atoms with Crippen LogP contribution < -0.4 is 0 Å². The van der Waals surface area contributed by atoms with Crippen molar-refractivity contribution in [1.29, 1.82) is 0 Å². The van der Waals surface area contributed by atoms with Crippen LogP contribution in [-0.2, 0) is 6.42 Å². The van der Waals surface area contributed by atoms with Crippen LogP contribution in [0.4, 0.5) is 0 Å². The molecule has 0 radical (unpaired) electrons. The summed E-state index contributed by atoms with van der Waals surface area (Å²) in [7, 11) is 0. The molecule has 0 fully saturated rings. The lowest BCUT2D eigenvalue weighted by Gasteiger charge is -2.24. The molecule has 0 saturated heterocycles. The standard InChI is InChI=1S/C51H38N2/c1-4-17-37(18-5-1)49-50(38-19-6-2-7-20-38)53(51(52-49)39-21-8-3-9-22-39)42-32-30-36(31-33-42)47-43-24-12-14-26-45(43)48(46-27-15-13-25-44(46)47)41-29-28-35-16-10-11-23-40(35)34-41/h1-12,14-17,19-24,26-34,37H,13,18,25H2. The monoisotopic (exact) mass is 678 g/mol. The minimum Gasteiger partial charge on any atom is -0.292 e. The molecular formula is C51H38N2. The number of nitrogens with zero attached hydrogens (tertiary/aromatic N) is 2. The van der Waals surface area contributed by atoms with Crippen LogP contribution in [-0.4, -0.2) is 9.55 Å². The van der Waals surface area contributed by atoms with E-state index in [9.17, 15) is 0 Å². The summed E-state index contributed by atoms with van der Waals surface area (Å²) in [5.41, 5.74) is 13.6. The zero-order chi connectivity index (χ0) is 35.1. The second-order valence-electron chi connectivity index (χ2n) is 14.1. The van der Waals surface area contributed by atoms with Gasteiger partial charge in [-0.25, -0.2) is 4.98 Å². The number of imidazole rings is 1. The Morgan fingerprint density at radius 1 is 0.547 bits per heavy atom. The maximum atomic E-state index is 5.46. The van der Waals surface area contributed by atoms with Gasteiger partial charge in [-0.1, -0.05) is 170 Å².